The van der Waals surface area contributed by atoms with Crippen LogP contribution in [0, 0.1) is 0 Å². The van der Waals surface area contributed by atoms with E-state index in [0.717, 1.165) is 37.9 Å². The summed E-state index contributed by atoms with van der Waals surface area (Å²) in [5.74, 6) is 0. The van der Waals surface area contributed by atoms with Crippen LogP contribution >= 0.6 is 0 Å². The first-order valence-corrected chi connectivity index (χ1v) is 10.5. The van der Waals surface area contributed by atoms with Crippen molar-refractivity contribution in [3.63, 3.8) is 0 Å². The van der Waals surface area contributed by atoms with Crippen LogP contribution in [0.5, 0.6) is 0 Å². The molecular formula is C15H33NO2Si. The molecule has 4 heteroatoms. The highest BCUT2D eigenvalue weighted by molar-refractivity contribution is 6.67. The Kier molecular flexibility index (Phi) is 8.95. The molecule has 114 valence electrons. The third-order valence-electron chi connectivity index (χ3n) is 4.13. The molecule has 0 amide bonds. The quantitative estimate of drug-likeness (QED) is 0.489. The van der Waals surface area contributed by atoms with Gasteiger partial charge in [-0.05, 0) is 51.7 Å². The highest BCUT2D eigenvalue weighted by atomic mass is 28.4. The molecule has 1 N–H and O–H groups in total. The van der Waals surface area contributed by atoms with Crippen LogP contribution in [0.15, 0.2) is 0 Å². The molecule has 0 aromatic heterocycles. The van der Waals surface area contributed by atoms with Crippen molar-refractivity contribution in [3.8, 4) is 0 Å². The Labute approximate surface area is 120 Å². The van der Waals surface area contributed by atoms with Gasteiger partial charge in [0.05, 0.1) is 0 Å². The molecule has 0 heterocycles. The molecule has 3 nitrogen and oxygen atoms in total. The summed E-state index contributed by atoms with van der Waals surface area (Å²) in [6.07, 6.45) is 8.17. The van der Waals surface area contributed by atoms with E-state index >= 15 is 0 Å². The van der Waals surface area contributed by atoms with Crippen molar-refractivity contribution >= 4 is 8.56 Å². The maximum atomic E-state index is 6.00. The van der Waals surface area contributed by atoms with E-state index in [-0.39, 0.29) is 0 Å². The van der Waals surface area contributed by atoms with Crippen molar-refractivity contribution in [2.75, 3.05) is 19.8 Å². The van der Waals surface area contributed by atoms with Crippen LogP contribution in [0.2, 0.25) is 12.1 Å². The fourth-order valence-corrected chi connectivity index (χ4v) is 5.97. The Balaban J connectivity index is 2.22. The molecule has 1 saturated carbocycles. The van der Waals surface area contributed by atoms with Crippen LogP contribution in [0.3, 0.4) is 0 Å². The molecule has 1 fully saturated rings. The largest absolute Gasteiger partial charge is 0.394 e. The molecule has 0 bridgehead atoms. The number of rotatable bonds is 10. The summed E-state index contributed by atoms with van der Waals surface area (Å²) < 4.78 is 12.0. The maximum absolute atomic E-state index is 6.00. The monoisotopic (exact) mass is 287 g/mol. The van der Waals surface area contributed by atoms with Crippen molar-refractivity contribution in [2.24, 2.45) is 0 Å². The SMILES string of the molecule is CCO[Si](CC)(CCCNC1CCCCC1)OCC. The zero-order chi connectivity index (χ0) is 14.0. The minimum absolute atomic E-state index is 0.769. The summed E-state index contributed by atoms with van der Waals surface area (Å²) in [6.45, 7) is 9.07. The van der Waals surface area contributed by atoms with E-state index < -0.39 is 8.56 Å². The maximum Gasteiger partial charge on any atom is 0.337 e. The lowest BCUT2D eigenvalue weighted by Gasteiger charge is -2.29. The van der Waals surface area contributed by atoms with Crippen LogP contribution < -0.4 is 5.32 Å². The molecule has 0 aromatic carbocycles. The van der Waals surface area contributed by atoms with E-state index in [9.17, 15) is 0 Å². The second-order valence-corrected chi connectivity index (χ2v) is 9.13. The van der Waals surface area contributed by atoms with Gasteiger partial charge in [-0.2, -0.15) is 0 Å². The normalized spacial score (nSPS) is 17.8. The Morgan fingerprint density at radius 2 is 1.63 bits per heavy atom. The molecule has 1 aliphatic rings. The Morgan fingerprint density at radius 1 is 1.00 bits per heavy atom. The van der Waals surface area contributed by atoms with Gasteiger partial charge in [-0.15, -0.1) is 0 Å². The molecule has 1 aliphatic carbocycles. The summed E-state index contributed by atoms with van der Waals surface area (Å²) in [7, 11) is -1.90. The van der Waals surface area contributed by atoms with E-state index in [1.165, 1.54) is 38.5 Å². The van der Waals surface area contributed by atoms with Crippen LogP contribution in [-0.2, 0) is 8.85 Å². The molecule has 0 saturated heterocycles. The van der Waals surface area contributed by atoms with Crippen molar-refractivity contribution in [3.05, 3.63) is 0 Å². The van der Waals surface area contributed by atoms with Gasteiger partial charge in [0.2, 0.25) is 0 Å². The Hall–Kier alpha value is 0.0969. The predicted molar refractivity (Wildman–Crippen MR) is 83.8 cm³/mol. The zero-order valence-corrected chi connectivity index (χ0v) is 14.2. The predicted octanol–water partition coefficient (Wildman–Crippen LogP) is 3.83. The van der Waals surface area contributed by atoms with Gasteiger partial charge < -0.3 is 14.2 Å². The smallest absolute Gasteiger partial charge is 0.337 e. The Morgan fingerprint density at radius 3 is 2.16 bits per heavy atom. The highest BCUT2D eigenvalue weighted by Gasteiger charge is 2.34. The summed E-state index contributed by atoms with van der Waals surface area (Å²) in [4.78, 5) is 0. The third-order valence-corrected chi connectivity index (χ3v) is 7.95. The van der Waals surface area contributed by atoms with Gasteiger partial charge in [-0.1, -0.05) is 26.2 Å². The fraction of sp³-hybridized carbons (Fsp3) is 1.00. The molecule has 1 rings (SSSR count). The summed E-state index contributed by atoms with van der Waals surface area (Å²) in [6, 6.07) is 2.97. The lowest BCUT2D eigenvalue weighted by Crippen LogP contribution is -2.42. The van der Waals surface area contributed by atoms with Gasteiger partial charge in [-0.3, -0.25) is 0 Å². The topological polar surface area (TPSA) is 30.5 Å². The fourth-order valence-electron chi connectivity index (χ4n) is 3.06. The van der Waals surface area contributed by atoms with Crippen molar-refractivity contribution in [2.45, 2.75) is 77.4 Å². The van der Waals surface area contributed by atoms with Crippen molar-refractivity contribution < 1.29 is 8.85 Å². The number of nitrogens with one attached hydrogen (secondary N) is 1. The van der Waals surface area contributed by atoms with E-state index in [1.54, 1.807) is 0 Å². The van der Waals surface area contributed by atoms with Crippen molar-refractivity contribution in [1.29, 1.82) is 0 Å². The third kappa shape index (κ3) is 6.39. The van der Waals surface area contributed by atoms with Gasteiger partial charge in [0, 0.05) is 19.3 Å². The number of hydrogen-bond acceptors (Lipinski definition) is 3. The van der Waals surface area contributed by atoms with E-state index in [1.807, 2.05) is 0 Å². The standard InChI is InChI=1S/C15H33NO2Si/c1-4-17-19(6-3,18-5-2)14-10-13-16-15-11-8-7-9-12-15/h15-16H,4-14H2,1-3H3. The van der Waals surface area contributed by atoms with Gasteiger partial charge >= 0.3 is 8.56 Å². The van der Waals surface area contributed by atoms with Crippen molar-refractivity contribution in [1.82, 2.24) is 5.32 Å². The zero-order valence-electron chi connectivity index (χ0n) is 13.2. The van der Waals surface area contributed by atoms with Crippen LogP contribution in [0.1, 0.15) is 59.3 Å². The van der Waals surface area contributed by atoms with Gasteiger partial charge in [0.15, 0.2) is 0 Å². The van der Waals surface area contributed by atoms with Crippen LogP contribution in [0.4, 0.5) is 0 Å². The first-order chi connectivity index (χ1) is 9.26. The molecule has 19 heavy (non-hydrogen) atoms. The summed E-state index contributed by atoms with van der Waals surface area (Å²) in [5, 5.41) is 3.71. The lowest BCUT2D eigenvalue weighted by atomic mass is 9.95. The average Bonchev–Trinajstić information content (AvgIpc) is 2.45. The highest BCUT2D eigenvalue weighted by Crippen LogP contribution is 2.21. The lowest BCUT2D eigenvalue weighted by molar-refractivity contribution is 0.182. The average molecular weight is 288 g/mol. The minimum Gasteiger partial charge on any atom is -0.394 e. The second kappa shape index (κ2) is 9.92. The first-order valence-electron chi connectivity index (χ1n) is 8.27. The second-order valence-electron chi connectivity index (χ2n) is 5.52. The van der Waals surface area contributed by atoms with E-state index in [2.05, 4.69) is 26.1 Å². The molecule has 0 unspecified atom stereocenters. The van der Waals surface area contributed by atoms with Crippen LogP contribution in [-0.4, -0.2) is 34.4 Å². The van der Waals surface area contributed by atoms with E-state index in [4.69, 9.17) is 8.85 Å². The molecule has 0 radical (unpaired) electrons. The molecular weight excluding hydrogens is 254 g/mol. The molecule has 0 aromatic rings. The Bertz CT molecular complexity index is 214. The molecule has 0 aliphatic heterocycles. The molecule has 0 spiro atoms. The van der Waals surface area contributed by atoms with Crippen LogP contribution in [0.25, 0.3) is 0 Å². The molecule has 0 atom stereocenters. The first kappa shape index (κ1) is 17.1. The van der Waals surface area contributed by atoms with Gasteiger partial charge in [0.1, 0.15) is 0 Å². The minimum atomic E-state index is -1.90. The van der Waals surface area contributed by atoms with Gasteiger partial charge in [0.25, 0.3) is 0 Å². The summed E-state index contributed by atoms with van der Waals surface area (Å²) in [5.41, 5.74) is 0. The van der Waals surface area contributed by atoms with E-state index in [0.29, 0.717) is 0 Å². The summed E-state index contributed by atoms with van der Waals surface area (Å²) >= 11 is 0. The number of hydrogen-bond donors (Lipinski definition) is 1. The van der Waals surface area contributed by atoms with Gasteiger partial charge in [-0.25, -0.2) is 0 Å².